The molecule has 4 aromatic rings. The summed E-state index contributed by atoms with van der Waals surface area (Å²) in [6.07, 6.45) is 0.714. The lowest BCUT2D eigenvalue weighted by molar-refractivity contribution is 0.919. The first-order chi connectivity index (χ1) is 11.3. The summed E-state index contributed by atoms with van der Waals surface area (Å²) in [5.41, 5.74) is 2.53. The third-order valence-corrected chi connectivity index (χ3v) is 3.71. The molecule has 0 unspecified atom stereocenters. The van der Waals surface area contributed by atoms with E-state index < -0.39 is 0 Å². The van der Waals surface area contributed by atoms with Gasteiger partial charge in [0.1, 0.15) is 5.82 Å². The van der Waals surface area contributed by atoms with Gasteiger partial charge in [0, 0.05) is 13.0 Å². The van der Waals surface area contributed by atoms with Gasteiger partial charge in [-0.15, -0.1) is 0 Å². The van der Waals surface area contributed by atoms with Crippen molar-refractivity contribution in [1.82, 2.24) is 19.9 Å². The molecule has 0 saturated carbocycles. The maximum Gasteiger partial charge on any atom is 0.260 e. The average Bonchev–Trinajstić information content (AvgIpc) is 2.98. The molecule has 2 aromatic carbocycles. The van der Waals surface area contributed by atoms with Crippen LogP contribution in [0.25, 0.3) is 21.9 Å². The zero-order chi connectivity index (χ0) is 15.6. The van der Waals surface area contributed by atoms with E-state index in [1.807, 2.05) is 42.5 Å². The van der Waals surface area contributed by atoms with E-state index in [-0.39, 0.29) is 5.56 Å². The third-order valence-electron chi connectivity index (χ3n) is 3.71. The molecule has 0 radical (unpaired) electrons. The van der Waals surface area contributed by atoms with Gasteiger partial charge in [0.05, 0.1) is 21.9 Å². The lowest BCUT2D eigenvalue weighted by Gasteiger charge is -2.05. The molecule has 0 saturated heterocycles. The van der Waals surface area contributed by atoms with E-state index in [0.717, 1.165) is 16.9 Å². The molecule has 0 aliphatic rings. The third kappa shape index (κ3) is 2.66. The van der Waals surface area contributed by atoms with E-state index in [2.05, 4.69) is 25.3 Å². The quantitative estimate of drug-likeness (QED) is 0.540. The fourth-order valence-electron chi connectivity index (χ4n) is 2.59. The number of anilines is 1. The van der Waals surface area contributed by atoms with Crippen molar-refractivity contribution in [3.05, 3.63) is 64.7 Å². The number of hydrogen-bond donors (Lipinski definition) is 3. The molecule has 2 heterocycles. The Balaban J connectivity index is 1.49. The van der Waals surface area contributed by atoms with Crippen molar-refractivity contribution in [3.8, 4) is 0 Å². The van der Waals surface area contributed by atoms with Crippen LogP contribution in [-0.4, -0.2) is 26.5 Å². The van der Waals surface area contributed by atoms with E-state index >= 15 is 0 Å². The highest BCUT2D eigenvalue weighted by Crippen LogP contribution is 2.11. The van der Waals surface area contributed by atoms with Gasteiger partial charge in [-0.05, 0) is 24.3 Å². The zero-order valence-electron chi connectivity index (χ0n) is 12.3. The van der Waals surface area contributed by atoms with Crippen molar-refractivity contribution in [2.75, 3.05) is 11.9 Å². The molecule has 6 heteroatoms. The molecule has 114 valence electrons. The molecular weight excluding hydrogens is 290 g/mol. The normalized spacial score (nSPS) is 11.1. The molecule has 0 aliphatic heterocycles. The highest BCUT2D eigenvalue weighted by atomic mass is 16.1. The van der Waals surface area contributed by atoms with Crippen LogP contribution in [0.3, 0.4) is 0 Å². The van der Waals surface area contributed by atoms with Crippen LogP contribution in [0.2, 0.25) is 0 Å². The number of nitrogens with one attached hydrogen (secondary N) is 3. The minimum Gasteiger partial charge on any atom is -0.355 e. The number of imidazole rings is 1. The maximum absolute atomic E-state index is 12.0. The number of H-pyrrole nitrogens is 2. The minimum absolute atomic E-state index is 0.137. The van der Waals surface area contributed by atoms with Crippen LogP contribution in [0.4, 0.5) is 5.95 Å². The number of para-hydroxylation sites is 3. The van der Waals surface area contributed by atoms with E-state index in [4.69, 9.17) is 0 Å². The smallest absolute Gasteiger partial charge is 0.260 e. The summed E-state index contributed by atoms with van der Waals surface area (Å²) in [7, 11) is 0. The van der Waals surface area contributed by atoms with Crippen LogP contribution in [0.1, 0.15) is 5.82 Å². The summed E-state index contributed by atoms with van der Waals surface area (Å²) >= 11 is 0. The Bertz CT molecular complexity index is 1000. The summed E-state index contributed by atoms with van der Waals surface area (Å²) in [5, 5.41) is 3.74. The largest absolute Gasteiger partial charge is 0.355 e. The second kappa shape index (κ2) is 5.57. The Hall–Kier alpha value is -3.15. The molecule has 2 aromatic heterocycles. The molecule has 3 N–H and O–H groups in total. The molecule has 23 heavy (non-hydrogen) atoms. The summed E-state index contributed by atoms with van der Waals surface area (Å²) in [6.45, 7) is 0.626. The number of nitrogens with zero attached hydrogens (tertiary/aromatic N) is 2. The van der Waals surface area contributed by atoms with Gasteiger partial charge in [-0.25, -0.2) is 9.97 Å². The molecule has 4 rings (SSSR count). The lowest BCUT2D eigenvalue weighted by Crippen LogP contribution is -2.15. The summed E-state index contributed by atoms with van der Waals surface area (Å²) in [6, 6.07) is 15.2. The van der Waals surface area contributed by atoms with Crippen molar-refractivity contribution in [3.63, 3.8) is 0 Å². The molecular formula is C17H15N5O. The highest BCUT2D eigenvalue weighted by Gasteiger charge is 2.04. The van der Waals surface area contributed by atoms with E-state index in [9.17, 15) is 4.79 Å². The van der Waals surface area contributed by atoms with Crippen LogP contribution in [-0.2, 0) is 6.42 Å². The van der Waals surface area contributed by atoms with Crippen molar-refractivity contribution in [2.24, 2.45) is 0 Å². The number of aromatic nitrogens is 4. The monoisotopic (exact) mass is 305 g/mol. The van der Waals surface area contributed by atoms with Crippen LogP contribution >= 0.6 is 0 Å². The summed E-state index contributed by atoms with van der Waals surface area (Å²) in [5.74, 6) is 1.38. The fourth-order valence-corrected chi connectivity index (χ4v) is 2.59. The van der Waals surface area contributed by atoms with Gasteiger partial charge >= 0.3 is 0 Å². The Morgan fingerprint density at radius 3 is 2.57 bits per heavy atom. The van der Waals surface area contributed by atoms with Crippen molar-refractivity contribution >= 4 is 27.9 Å². The SMILES string of the molecule is O=c1[nH]c(NCCc2nc3ccccc3[nH]2)nc2ccccc12. The van der Waals surface area contributed by atoms with Crippen molar-refractivity contribution < 1.29 is 0 Å². The Kier molecular flexibility index (Phi) is 3.27. The summed E-state index contributed by atoms with van der Waals surface area (Å²) in [4.78, 5) is 27.0. The number of benzene rings is 2. The molecule has 0 aliphatic carbocycles. The van der Waals surface area contributed by atoms with Crippen LogP contribution < -0.4 is 10.9 Å². The number of rotatable bonds is 4. The first-order valence-corrected chi connectivity index (χ1v) is 7.46. The number of fused-ring (bicyclic) bond motifs is 2. The van der Waals surface area contributed by atoms with Gasteiger partial charge in [-0.1, -0.05) is 24.3 Å². The number of hydrogen-bond acceptors (Lipinski definition) is 4. The predicted octanol–water partition coefficient (Wildman–Crippen LogP) is 2.45. The fraction of sp³-hybridized carbons (Fsp3) is 0.118. The van der Waals surface area contributed by atoms with Crippen LogP contribution in [0.5, 0.6) is 0 Å². The second-order valence-electron chi connectivity index (χ2n) is 5.31. The Morgan fingerprint density at radius 2 is 1.70 bits per heavy atom. The van der Waals surface area contributed by atoms with Crippen molar-refractivity contribution in [1.29, 1.82) is 0 Å². The van der Waals surface area contributed by atoms with Crippen LogP contribution in [0, 0.1) is 0 Å². The molecule has 0 bridgehead atoms. The molecule has 0 atom stereocenters. The van der Waals surface area contributed by atoms with Gasteiger partial charge < -0.3 is 10.3 Å². The predicted molar refractivity (Wildman–Crippen MR) is 90.7 cm³/mol. The van der Waals surface area contributed by atoms with Crippen LogP contribution in [0.15, 0.2) is 53.3 Å². The topological polar surface area (TPSA) is 86.5 Å². The molecule has 0 spiro atoms. The van der Waals surface area contributed by atoms with E-state index in [0.29, 0.717) is 29.8 Å². The van der Waals surface area contributed by atoms with Crippen molar-refractivity contribution in [2.45, 2.75) is 6.42 Å². The number of aromatic amines is 2. The maximum atomic E-state index is 12.0. The second-order valence-corrected chi connectivity index (χ2v) is 5.31. The van der Waals surface area contributed by atoms with Gasteiger partial charge in [-0.2, -0.15) is 0 Å². The summed E-state index contributed by atoms with van der Waals surface area (Å²) < 4.78 is 0. The first-order valence-electron chi connectivity index (χ1n) is 7.46. The van der Waals surface area contributed by atoms with E-state index in [1.165, 1.54) is 0 Å². The standard InChI is InChI=1S/C17H15N5O/c23-16-11-5-1-2-6-12(11)21-17(22-16)18-10-9-15-19-13-7-3-4-8-14(13)20-15/h1-8H,9-10H2,(H,19,20)(H2,18,21,22,23). The van der Waals surface area contributed by atoms with Gasteiger partial charge in [0.2, 0.25) is 5.95 Å². The molecule has 0 fully saturated rings. The highest BCUT2D eigenvalue weighted by molar-refractivity contribution is 5.78. The van der Waals surface area contributed by atoms with Gasteiger partial charge in [-0.3, -0.25) is 9.78 Å². The van der Waals surface area contributed by atoms with Gasteiger partial charge in [0.15, 0.2) is 0 Å². The first kappa shape index (κ1) is 13.5. The van der Waals surface area contributed by atoms with Gasteiger partial charge in [0.25, 0.3) is 5.56 Å². The zero-order valence-corrected chi connectivity index (χ0v) is 12.3. The molecule has 6 nitrogen and oxygen atoms in total. The Morgan fingerprint density at radius 1 is 0.913 bits per heavy atom. The minimum atomic E-state index is -0.137. The van der Waals surface area contributed by atoms with E-state index in [1.54, 1.807) is 6.07 Å². The lowest BCUT2D eigenvalue weighted by atomic mass is 10.2. The molecule has 0 amide bonds. The average molecular weight is 305 g/mol. The Labute approximate surface area is 131 Å².